The van der Waals surface area contributed by atoms with Crippen LogP contribution in [0.25, 0.3) is 0 Å². The molecule has 0 saturated heterocycles. The first-order valence-electron chi connectivity index (χ1n) is 4.84. The van der Waals surface area contributed by atoms with Crippen LogP contribution in [0.4, 0.5) is 10.5 Å². The lowest BCUT2D eigenvalue weighted by molar-refractivity contribution is 0.252. The van der Waals surface area contributed by atoms with Gasteiger partial charge in [0.2, 0.25) is 0 Å². The molecule has 2 amide bonds. The summed E-state index contributed by atoms with van der Waals surface area (Å²) in [5, 5.41) is 2.55. The summed E-state index contributed by atoms with van der Waals surface area (Å²) in [5.41, 5.74) is 2.82. The van der Waals surface area contributed by atoms with Gasteiger partial charge in [-0.3, -0.25) is 0 Å². The molecule has 0 unspecified atom stereocenters. The number of hydrogen-bond donors (Lipinski definition) is 1. The first-order valence-corrected chi connectivity index (χ1v) is 5.55. The molecule has 0 saturated carbocycles. The Morgan fingerprint density at radius 3 is 2.50 bits per heavy atom. The highest BCUT2D eigenvalue weighted by molar-refractivity contribution is 9.10. The summed E-state index contributed by atoms with van der Waals surface area (Å²) in [5.74, 6) is 0.819. The number of anilines is 1. The third-order valence-electron chi connectivity index (χ3n) is 2.53. The minimum atomic E-state index is -0.215. The van der Waals surface area contributed by atoms with E-state index in [4.69, 9.17) is 4.74 Å². The van der Waals surface area contributed by atoms with Gasteiger partial charge in [-0.2, -0.15) is 0 Å². The number of carbonyl (C=O) groups excluding carboxylic acids is 1. The van der Waals surface area contributed by atoms with Crippen LogP contribution in [0.2, 0.25) is 0 Å². The number of carbonyl (C=O) groups is 1. The van der Waals surface area contributed by atoms with Crippen molar-refractivity contribution in [1.29, 1.82) is 0 Å². The predicted molar refractivity (Wildman–Crippen MR) is 68.3 cm³/mol. The van der Waals surface area contributed by atoms with Gasteiger partial charge in [0.05, 0.1) is 28.9 Å². The van der Waals surface area contributed by atoms with E-state index in [1.807, 2.05) is 26.0 Å². The fourth-order valence-corrected chi connectivity index (χ4v) is 1.98. The van der Waals surface area contributed by atoms with Crippen molar-refractivity contribution in [1.82, 2.24) is 5.32 Å². The van der Waals surface area contributed by atoms with E-state index in [9.17, 15) is 4.79 Å². The highest BCUT2D eigenvalue weighted by atomic mass is 79.9. The van der Waals surface area contributed by atoms with Gasteiger partial charge in [-0.1, -0.05) is 0 Å². The second-order valence-corrected chi connectivity index (χ2v) is 4.08. The number of rotatable bonds is 2. The van der Waals surface area contributed by atoms with Gasteiger partial charge >= 0.3 is 6.03 Å². The van der Waals surface area contributed by atoms with Crippen LogP contribution in [0, 0.1) is 13.8 Å². The van der Waals surface area contributed by atoms with Crippen LogP contribution in [0.3, 0.4) is 0 Å². The minimum absolute atomic E-state index is 0.215. The number of methoxy groups -OCH3 is 1. The topological polar surface area (TPSA) is 41.6 Å². The van der Waals surface area contributed by atoms with Gasteiger partial charge < -0.3 is 10.1 Å². The zero-order valence-corrected chi connectivity index (χ0v) is 11.4. The molecule has 0 heterocycles. The van der Waals surface area contributed by atoms with Crippen molar-refractivity contribution >= 4 is 27.9 Å². The van der Waals surface area contributed by atoms with Gasteiger partial charge in [0.25, 0.3) is 0 Å². The van der Waals surface area contributed by atoms with Crippen LogP contribution in [0.15, 0.2) is 12.1 Å². The zero-order chi connectivity index (χ0) is 12.3. The summed E-state index contributed by atoms with van der Waals surface area (Å²) in [4.78, 5) is 11.5. The Kier molecular flexibility index (Phi) is 4.18. The Morgan fingerprint density at radius 2 is 2.00 bits per heavy atom. The van der Waals surface area contributed by atoms with Crippen molar-refractivity contribution in [2.75, 3.05) is 18.1 Å². The summed E-state index contributed by atoms with van der Waals surface area (Å²) in [6.45, 7) is 3.91. The monoisotopic (exact) mass is 286 g/mol. The number of hydrogen-bond acceptors (Lipinski definition) is 2. The lowest BCUT2D eigenvalue weighted by Crippen LogP contribution is -2.30. The summed E-state index contributed by atoms with van der Waals surface area (Å²) in [7, 11) is 3.22. The summed E-state index contributed by atoms with van der Waals surface area (Å²) >= 11 is 3.22. The van der Waals surface area contributed by atoms with Gasteiger partial charge in [0.1, 0.15) is 5.75 Å². The lowest BCUT2D eigenvalue weighted by Gasteiger charge is -2.18. The molecule has 1 rings (SSSR count). The molecular weight excluding hydrogens is 272 g/mol. The van der Waals surface area contributed by atoms with E-state index in [2.05, 4.69) is 21.5 Å². The molecule has 88 valence electrons. The maximum Gasteiger partial charge on any atom is 0.331 e. The minimum Gasteiger partial charge on any atom is -0.496 e. The van der Waals surface area contributed by atoms with Crippen molar-refractivity contribution in [3.05, 3.63) is 23.3 Å². The summed E-state index contributed by atoms with van der Waals surface area (Å²) < 4.78 is 6.61. The van der Waals surface area contributed by atoms with E-state index in [-0.39, 0.29) is 6.03 Å². The summed E-state index contributed by atoms with van der Waals surface area (Å²) in [6.07, 6.45) is 0. The largest absolute Gasteiger partial charge is 0.496 e. The Labute approximate surface area is 104 Å². The van der Waals surface area contributed by atoms with Gasteiger partial charge in [-0.05, 0) is 37.1 Å². The van der Waals surface area contributed by atoms with Gasteiger partial charge in [-0.15, -0.1) is 0 Å². The molecule has 5 heteroatoms. The standard InChI is InChI=1S/C11H15BrN2O2/c1-7-8(2)10(16-4)6-5-9(7)14(12)11(15)13-3/h5-6H,1-4H3,(H,13,15). The fourth-order valence-electron chi connectivity index (χ4n) is 1.42. The van der Waals surface area contributed by atoms with E-state index >= 15 is 0 Å². The third kappa shape index (κ3) is 2.29. The average molecular weight is 287 g/mol. The third-order valence-corrected chi connectivity index (χ3v) is 3.24. The number of nitrogens with one attached hydrogen (secondary N) is 1. The van der Waals surface area contributed by atoms with E-state index in [1.54, 1.807) is 14.2 Å². The molecule has 0 bridgehead atoms. The van der Waals surface area contributed by atoms with Gasteiger partial charge in [-0.25, -0.2) is 8.72 Å². The first-order chi connectivity index (χ1) is 7.52. The smallest absolute Gasteiger partial charge is 0.331 e. The molecule has 0 aliphatic rings. The molecule has 4 nitrogen and oxygen atoms in total. The number of urea groups is 1. The first kappa shape index (κ1) is 12.8. The quantitative estimate of drug-likeness (QED) is 0.850. The molecule has 0 aliphatic carbocycles. The lowest BCUT2D eigenvalue weighted by atomic mass is 10.1. The SMILES string of the molecule is CNC(=O)N(Br)c1ccc(OC)c(C)c1C. The van der Waals surface area contributed by atoms with Crippen LogP contribution in [-0.2, 0) is 0 Å². The molecule has 0 atom stereocenters. The maximum atomic E-state index is 11.5. The van der Waals surface area contributed by atoms with Crippen molar-refractivity contribution in [2.45, 2.75) is 13.8 Å². The predicted octanol–water partition coefficient (Wildman–Crippen LogP) is 2.77. The molecule has 1 N–H and O–H groups in total. The highest BCUT2D eigenvalue weighted by Gasteiger charge is 2.15. The van der Waals surface area contributed by atoms with Gasteiger partial charge in [0, 0.05) is 7.05 Å². The van der Waals surface area contributed by atoms with Crippen LogP contribution >= 0.6 is 16.1 Å². The molecular formula is C11H15BrN2O2. The normalized spacial score (nSPS) is 9.81. The average Bonchev–Trinajstić information content (AvgIpc) is 2.30. The van der Waals surface area contributed by atoms with Crippen LogP contribution in [-0.4, -0.2) is 20.2 Å². The fraction of sp³-hybridized carbons (Fsp3) is 0.364. The van der Waals surface area contributed by atoms with E-state index < -0.39 is 0 Å². The Balaban J connectivity index is 3.17. The molecule has 1 aromatic rings. The molecule has 0 aliphatic heterocycles. The van der Waals surface area contributed by atoms with E-state index in [1.165, 1.54) is 3.93 Å². The summed E-state index contributed by atoms with van der Waals surface area (Å²) in [6, 6.07) is 3.47. The maximum absolute atomic E-state index is 11.5. The molecule has 16 heavy (non-hydrogen) atoms. The number of ether oxygens (including phenoxy) is 1. The van der Waals surface area contributed by atoms with E-state index in [0.717, 1.165) is 22.6 Å². The number of nitrogens with zero attached hydrogens (tertiary/aromatic N) is 1. The Morgan fingerprint density at radius 1 is 1.38 bits per heavy atom. The van der Waals surface area contributed by atoms with Crippen molar-refractivity contribution in [2.24, 2.45) is 0 Å². The van der Waals surface area contributed by atoms with Crippen LogP contribution in [0.5, 0.6) is 5.75 Å². The van der Waals surface area contributed by atoms with Crippen molar-refractivity contribution in [3.8, 4) is 5.75 Å². The highest BCUT2D eigenvalue weighted by Crippen LogP contribution is 2.31. The van der Waals surface area contributed by atoms with Crippen molar-refractivity contribution < 1.29 is 9.53 Å². The second kappa shape index (κ2) is 5.21. The Hall–Kier alpha value is -1.23. The number of benzene rings is 1. The molecule has 1 aromatic carbocycles. The van der Waals surface area contributed by atoms with Crippen molar-refractivity contribution in [3.63, 3.8) is 0 Å². The zero-order valence-electron chi connectivity index (χ0n) is 9.80. The second-order valence-electron chi connectivity index (χ2n) is 3.37. The molecule has 0 spiro atoms. The van der Waals surface area contributed by atoms with E-state index in [0.29, 0.717) is 0 Å². The van der Waals surface area contributed by atoms with Gasteiger partial charge in [0.15, 0.2) is 0 Å². The van der Waals surface area contributed by atoms with Crippen LogP contribution in [0.1, 0.15) is 11.1 Å². The molecule has 0 aromatic heterocycles. The number of halogens is 1. The van der Waals surface area contributed by atoms with Crippen LogP contribution < -0.4 is 14.0 Å². The number of amides is 2. The Bertz CT molecular complexity index is 407. The molecule has 0 radical (unpaired) electrons. The molecule has 0 fully saturated rings.